The Hall–Kier alpha value is -2.08. The van der Waals surface area contributed by atoms with E-state index in [0.29, 0.717) is 18.4 Å². The van der Waals surface area contributed by atoms with Gasteiger partial charge in [0.2, 0.25) is 5.91 Å². The normalized spacial score (nSPS) is 15.3. The third-order valence-corrected chi connectivity index (χ3v) is 4.54. The fraction of sp³-hybridized carbons (Fsp3) is 0.529. The molecular formula is C17H25N3O3. The lowest BCUT2D eigenvalue weighted by Gasteiger charge is -2.30. The van der Waals surface area contributed by atoms with E-state index >= 15 is 0 Å². The molecule has 126 valence electrons. The molecule has 0 aromatic heterocycles. The maximum absolute atomic E-state index is 12.4. The number of anilines is 1. The average Bonchev–Trinajstić information content (AvgIpc) is 2.60. The number of nitrogens with two attached hydrogens (primary N) is 1. The molecule has 0 aliphatic carbocycles. The van der Waals surface area contributed by atoms with Gasteiger partial charge in [0.15, 0.2) is 0 Å². The van der Waals surface area contributed by atoms with Crippen LogP contribution in [0.4, 0.5) is 5.69 Å². The molecule has 0 spiro atoms. The minimum Gasteiger partial charge on any atom is -0.378 e. The molecule has 6 heteroatoms. The van der Waals surface area contributed by atoms with Crippen LogP contribution in [-0.2, 0) is 9.53 Å². The summed E-state index contributed by atoms with van der Waals surface area (Å²) in [6, 6.07) is 7.39. The van der Waals surface area contributed by atoms with Gasteiger partial charge in [-0.25, -0.2) is 0 Å². The molecule has 1 aromatic carbocycles. The second-order valence-corrected chi connectivity index (χ2v) is 5.75. The van der Waals surface area contributed by atoms with Gasteiger partial charge in [0, 0.05) is 24.3 Å². The number of ether oxygens (including phenoxy) is 1. The average molecular weight is 319 g/mol. The molecule has 2 amide bonds. The van der Waals surface area contributed by atoms with Gasteiger partial charge in [0.1, 0.15) is 5.54 Å². The summed E-state index contributed by atoms with van der Waals surface area (Å²) in [5.74, 6) is -0.776. The van der Waals surface area contributed by atoms with Crippen LogP contribution in [0.25, 0.3) is 0 Å². The van der Waals surface area contributed by atoms with Gasteiger partial charge in [-0.3, -0.25) is 9.59 Å². The first-order chi connectivity index (χ1) is 11.0. The fourth-order valence-corrected chi connectivity index (χ4v) is 2.77. The SMILES string of the molecule is CCC(CC)(NC(=O)c1ccc(N2CCOCC2)cc1)C(N)=O. The lowest BCUT2D eigenvalue weighted by Crippen LogP contribution is -2.56. The number of amides is 2. The van der Waals surface area contributed by atoms with Crippen LogP contribution in [-0.4, -0.2) is 43.7 Å². The molecular weight excluding hydrogens is 294 g/mol. The minimum absolute atomic E-state index is 0.277. The lowest BCUT2D eigenvalue weighted by atomic mass is 9.91. The van der Waals surface area contributed by atoms with Crippen molar-refractivity contribution in [1.29, 1.82) is 0 Å². The summed E-state index contributed by atoms with van der Waals surface area (Å²) in [6.45, 7) is 6.82. The van der Waals surface area contributed by atoms with Crippen molar-refractivity contribution < 1.29 is 14.3 Å². The van der Waals surface area contributed by atoms with Crippen molar-refractivity contribution in [3.8, 4) is 0 Å². The van der Waals surface area contributed by atoms with E-state index in [2.05, 4.69) is 10.2 Å². The van der Waals surface area contributed by atoms with E-state index in [1.54, 1.807) is 12.1 Å². The highest BCUT2D eigenvalue weighted by molar-refractivity contribution is 5.99. The van der Waals surface area contributed by atoms with Crippen molar-refractivity contribution in [3.63, 3.8) is 0 Å². The van der Waals surface area contributed by atoms with E-state index < -0.39 is 11.4 Å². The fourth-order valence-electron chi connectivity index (χ4n) is 2.77. The zero-order valence-electron chi connectivity index (χ0n) is 13.8. The highest BCUT2D eigenvalue weighted by Gasteiger charge is 2.34. The molecule has 6 nitrogen and oxygen atoms in total. The molecule has 0 saturated carbocycles. The van der Waals surface area contributed by atoms with Gasteiger partial charge in [-0.2, -0.15) is 0 Å². The summed E-state index contributed by atoms with van der Waals surface area (Å²) in [5, 5.41) is 2.80. The molecule has 1 fully saturated rings. The number of carbonyl (C=O) groups is 2. The number of hydrogen-bond donors (Lipinski definition) is 2. The van der Waals surface area contributed by atoms with Crippen molar-refractivity contribution in [3.05, 3.63) is 29.8 Å². The Morgan fingerprint density at radius 1 is 1.17 bits per heavy atom. The van der Waals surface area contributed by atoms with Crippen molar-refractivity contribution in [1.82, 2.24) is 5.32 Å². The van der Waals surface area contributed by atoms with Gasteiger partial charge >= 0.3 is 0 Å². The molecule has 1 aromatic rings. The van der Waals surface area contributed by atoms with E-state index in [1.807, 2.05) is 26.0 Å². The zero-order valence-corrected chi connectivity index (χ0v) is 13.8. The second kappa shape index (κ2) is 7.46. The first-order valence-corrected chi connectivity index (χ1v) is 8.07. The van der Waals surface area contributed by atoms with Gasteiger partial charge in [-0.05, 0) is 37.1 Å². The maximum atomic E-state index is 12.4. The number of benzene rings is 1. The molecule has 1 saturated heterocycles. The minimum atomic E-state index is -0.986. The predicted molar refractivity (Wildman–Crippen MR) is 89.4 cm³/mol. The summed E-state index contributed by atoms with van der Waals surface area (Å²) in [7, 11) is 0. The van der Waals surface area contributed by atoms with Crippen LogP contribution in [0.1, 0.15) is 37.0 Å². The molecule has 3 N–H and O–H groups in total. The van der Waals surface area contributed by atoms with Crippen LogP contribution in [0.5, 0.6) is 0 Å². The molecule has 0 bridgehead atoms. The van der Waals surface area contributed by atoms with Crippen molar-refractivity contribution in [2.24, 2.45) is 5.73 Å². The topological polar surface area (TPSA) is 84.7 Å². The number of primary amides is 1. The smallest absolute Gasteiger partial charge is 0.252 e. The molecule has 2 rings (SSSR count). The highest BCUT2D eigenvalue weighted by Crippen LogP contribution is 2.19. The first kappa shape index (κ1) is 17.3. The van der Waals surface area contributed by atoms with Crippen molar-refractivity contribution in [2.45, 2.75) is 32.2 Å². The zero-order chi connectivity index (χ0) is 16.9. The van der Waals surface area contributed by atoms with Gasteiger partial charge in [0.25, 0.3) is 5.91 Å². The number of hydrogen-bond acceptors (Lipinski definition) is 4. The summed E-state index contributed by atoms with van der Waals surface area (Å²) in [4.78, 5) is 26.3. The summed E-state index contributed by atoms with van der Waals surface area (Å²) in [6.07, 6.45) is 0.937. The number of morpholine rings is 1. The van der Waals surface area contributed by atoms with E-state index in [0.717, 1.165) is 32.0 Å². The molecule has 1 heterocycles. The Balaban J connectivity index is 2.09. The summed E-state index contributed by atoms with van der Waals surface area (Å²) < 4.78 is 5.34. The number of nitrogens with zero attached hydrogens (tertiary/aromatic N) is 1. The van der Waals surface area contributed by atoms with E-state index in [1.165, 1.54) is 0 Å². The van der Waals surface area contributed by atoms with Gasteiger partial charge in [-0.1, -0.05) is 13.8 Å². The largest absolute Gasteiger partial charge is 0.378 e. The summed E-state index contributed by atoms with van der Waals surface area (Å²) >= 11 is 0. The Morgan fingerprint density at radius 3 is 2.22 bits per heavy atom. The Bertz CT molecular complexity index is 547. The number of nitrogens with one attached hydrogen (secondary N) is 1. The summed E-state index contributed by atoms with van der Waals surface area (Å²) in [5.41, 5.74) is 6.07. The van der Waals surface area contributed by atoms with E-state index in [9.17, 15) is 9.59 Å². The first-order valence-electron chi connectivity index (χ1n) is 8.07. The van der Waals surface area contributed by atoms with Gasteiger partial charge in [0.05, 0.1) is 13.2 Å². The second-order valence-electron chi connectivity index (χ2n) is 5.75. The van der Waals surface area contributed by atoms with Crippen LogP contribution in [0, 0.1) is 0 Å². The van der Waals surface area contributed by atoms with E-state index in [4.69, 9.17) is 10.5 Å². The molecule has 0 unspecified atom stereocenters. The van der Waals surface area contributed by atoms with Crippen LogP contribution >= 0.6 is 0 Å². The quantitative estimate of drug-likeness (QED) is 0.827. The third kappa shape index (κ3) is 3.82. The van der Waals surface area contributed by atoms with Gasteiger partial charge in [-0.15, -0.1) is 0 Å². The third-order valence-electron chi connectivity index (χ3n) is 4.54. The molecule has 1 aliphatic heterocycles. The van der Waals surface area contributed by atoms with Gasteiger partial charge < -0.3 is 20.7 Å². The molecule has 23 heavy (non-hydrogen) atoms. The van der Waals surface area contributed by atoms with Crippen molar-refractivity contribution >= 4 is 17.5 Å². The van der Waals surface area contributed by atoms with Crippen LogP contribution in [0.3, 0.4) is 0 Å². The Labute approximate surface area is 137 Å². The molecule has 0 atom stereocenters. The predicted octanol–water partition coefficient (Wildman–Crippen LogP) is 1.30. The monoisotopic (exact) mass is 319 g/mol. The number of carbonyl (C=O) groups excluding carboxylic acids is 2. The van der Waals surface area contributed by atoms with Crippen molar-refractivity contribution in [2.75, 3.05) is 31.2 Å². The van der Waals surface area contributed by atoms with Crippen LogP contribution in [0.15, 0.2) is 24.3 Å². The molecule has 0 radical (unpaired) electrons. The number of rotatable bonds is 6. The van der Waals surface area contributed by atoms with Crippen LogP contribution < -0.4 is 16.0 Å². The van der Waals surface area contributed by atoms with E-state index in [-0.39, 0.29) is 5.91 Å². The maximum Gasteiger partial charge on any atom is 0.252 e. The lowest BCUT2D eigenvalue weighted by molar-refractivity contribution is -0.124. The van der Waals surface area contributed by atoms with Crippen LogP contribution in [0.2, 0.25) is 0 Å². The Kier molecular flexibility index (Phi) is 5.60. The highest BCUT2D eigenvalue weighted by atomic mass is 16.5. The standard InChI is InChI=1S/C17H25N3O3/c1-3-17(4-2,16(18)22)19-15(21)13-5-7-14(8-6-13)20-9-11-23-12-10-20/h5-8H,3-4,9-12H2,1-2H3,(H2,18,22)(H,19,21). The molecule has 1 aliphatic rings. The Morgan fingerprint density at radius 2 is 1.74 bits per heavy atom.